The maximum absolute atomic E-state index is 6.03. The highest BCUT2D eigenvalue weighted by atomic mass is 127. The number of nitrogens with one attached hydrogen (secondary N) is 1. The van der Waals surface area contributed by atoms with E-state index >= 15 is 0 Å². The molecule has 3 N–H and O–H groups in total. The third-order valence-electron chi connectivity index (χ3n) is 4.49. The number of methoxy groups -OCH3 is 1. The number of aryl methyl sites for hydroxylation is 1. The molecule has 0 fully saturated rings. The molecule has 3 aromatic carbocycles. The Kier molecular flexibility index (Phi) is 4.32. The van der Waals surface area contributed by atoms with Crippen molar-refractivity contribution in [1.82, 2.24) is 4.98 Å². The Morgan fingerprint density at radius 1 is 1.04 bits per heavy atom. The molecular weight excluding hydrogens is 437 g/mol. The summed E-state index contributed by atoms with van der Waals surface area (Å²) in [6.07, 6.45) is 0. The van der Waals surface area contributed by atoms with Gasteiger partial charge in [0.2, 0.25) is 0 Å². The van der Waals surface area contributed by atoms with Crippen molar-refractivity contribution in [2.75, 3.05) is 18.2 Å². The third kappa shape index (κ3) is 2.82. The molecule has 0 aliphatic rings. The average Bonchev–Trinajstić information content (AvgIpc) is 2.65. The van der Waals surface area contributed by atoms with Crippen LogP contribution in [-0.4, -0.2) is 12.1 Å². The fraction of sp³-hybridized carbons (Fsp3) is 0.0952. The molecule has 0 saturated carbocycles. The second kappa shape index (κ2) is 6.64. The number of hydrogen-bond acceptors (Lipinski definition) is 4. The molecule has 1 aromatic heterocycles. The number of ether oxygens (including phenoxy) is 1. The van der Waals surface area contributed by atoms with Crippen LogP contribution in [0.25, 0.3) is 21.8 Å². The molecule has 4 aromatic rings. The van der Waals surface area contributed by atoms with Gasteiger partial charge in [-0.3, -0.25) is 0 Å². The number of benzene rings is 3. The Labute approximate surface area is 165 Å². The molecular formula is C21H18IN3O. The van der Waals surface area contributed by atoms with Crippen molar-refractivity contribution in [3.8, 4) is 5.75 Å². The highest BCUT2D eigenvalue weighted by Crippen LogP contribution is 2.38. The normalized spacial score (nSPS) is 11.0. The number of rotatable bonds is 3. The van der Waals surface area contributed by atoms with Crippen LogP contribution in [-0.2, 0) is 0 Å². The summed E-state index contributed by atoms with van der Waals surface area (Å²) in [5, 5.41) is 5.73. The summed E-state index contributed by atoms with van der Waals surface area (Å²) in [4.78, 5) is 4.86. The largest absolute Gasteiger partial charge is 0.494 e. The van der Waals surface area contributed by atoms with Crippen molar-refractivity contribution >= 4 is 61.5 Å². The number of halogens is 1. The number of fused-ring (bicyclic) bond motifs is 2. The number of para-hydroxylation sites is 2. The van der Waals surface area contributed by atoms with Crippen LogP contribution in [0.4, 0.5) is 17.1 Å². The van der Waals surface area contributed by atoms with E-state index in [0.717, 1.165) is 42.3 Å². The Morgan fingerprint density at radius 2 is 1.81 bits per heavy atom. The van der Waals surface area contributed by atoms with Crippen molar-refractivity contribution in [2.24, 2.45) is 0 Å². The van der Waals surface area contributed by atoms with E-state index in [9.17, 15) is 0 Å². The first-order valence-corrected chi connectivity index (χ1v) is 9.34. The van der Waals surface area contributed by atoms with Crippen molar-refractivity contribution in [2.45, 2.75) is 6.92 Å². The van der Waals surface area contributed by atoms with E-state index in [1.165, 1.54) is 0 Å². The summed E-state index contributed by atoms with van der Waals surface area (Å²) in [6, 6.07) is 18.3. The maximum Gasteiger partial charge on any atom is 0.144 e. The fourth-order valence-electron chi connectivity index (χ4n) is 3.16. The highest BCUT2D eigenvalue weighted by Gasteiger charge is 2.14. The Hall–Kier alpha value is -2.54. The van der Waals surface area contributed by atoms with Gasteiger partial charge in [0.15, 0.2) is 0 Å². The maximum atomic E-state index is 6.03. The first kappa shape index (κ1) is 16.9. The number of nitrogens with zero attached hydrogens (tertiary/aromatic N) is 1. The molecule has 26 heavy (non-hydrogen) atoms. The van der Waals surface area contributed by atoms with Crippen molar-refractivity contribution in [1.29, 1.82) is 0 Å². The Balaban J connectivity index is 2.01. The van der Waals surface area contributed by atoms with E-state index in [0.29, 0.717) is 11.4 Å². The molecule has 0 bridgehead atoms. The van der Waals surface area contributed by atoms with E-state index in [1.54, 1.807) is 7.11 Å². The summed E-state index contributed by atoms with van der Waals surface area (Å²) in [7, 11) is 1.65. The third-order valence-corrected chi connectivity index (χ3v) is 5.43. The van der Waals surface area contributed by atoms with Crippen LogP contribution in [0, 0.1) is 10.5 Å². The van der Waals surface area contributed by atoms with Gasteiger partial charge in [-0.15, -0.1) is 0 Å². The lowest BCUT2D eigenvalue weighted by atomic mass is 10.0. The summed E-state index contributed by atoms with van der Waals surface area (Å²) < 4.78 is 6.52. The molecule has 1 heterocycles. The van der Waals surface area contributed by atoms with Gasteiger partial charge in [0.05, 0.1) is 29.5 Å². The van der Waals surface area contributed by atoms with Crippen molar-refractivity contribution in [3.05, 3.63) is 63.7 Å². The number of aromatic nitrogens is 1. The van der Waals surface area contributed by atoms with Crippen LogP contribution in [0.2, 0.25) is 0 Å². The van der Waals surface area contributed by atoms with Crippen molar-refractivity contribution in [3.63, 3.8) is 0 Å². The van der Waals surface area contributed by atoms with Gasteiger partial charge in [0.25, 0.3) is 0 Å². The summed E-state index contributed by atoms with van der Waals surface area (Å²) in [5.74, 6) is 0.713. The predicted octanol–water partition coefficient (Wildman–Crippen LogP) is 5.64. The van der Waals surface area contributed by atoms with Gasteiger partial charge in [-0.2, -0.15) is 0 Å². The topological polar surface area (TPSA) is 60.2 Å². The monoisotopic (exact) mass is 455 g/mol. The van der Waals surface area contributed by atoms with Gasteiger partial charge < -0.3 is 15.8 Å². The lowest BCUT2D eigenvalue weighted by molar-refractivity contribution is 0.417. The average molecular weight is 455 g/mol. The second-order valence-electron chi connectivity index (χ2n) is 6.17. The predicted molar refractivity (Wildman–Crippen MR) is 117 cm³/mol. The number of hydrogen-bond donors (Lipinski definition) is 2. The zero-order valence-electron chi connectivity index (χ0n) is 14.5. The molecule has 4 rings (SSSR count). The minimum atomic E-state index is 0.702. The molecule has 5 heteroatoms. The molecule has 0 amide bonds. The minimum Gasteiger partial charge on any atom is -0.494 e. The van der Waals surface area contributed by atoms with E-state index < -0.39 is 0 Å². The van der Waals surface area contributed by atoms with Gasteiger partial charge in [-0.1, -0.05) is 36.4 Å². The van der Waals surface area contributed by atoms with Crippen LogP contribution in [0.5, 0.6) is 5.75 Å². The molecule has 0 atom stereocenters. The van der Waals surface area contributed by atoms with Gasteiger partial charge in [-0.05, 0) is 47.2 Å². The van der Waals surface area contributed by atoms with Gasteiger partial charge in [0.1, 0.15) is 5.75 Å². The van der Waals surface area contributed by atoms with E-state index in [4.69, 9.17) is 15.5 Å². The molecule has 0 aliphatic heterocycles. The van der Waals surface area contributed by atoms with Crippen LogP contribution >= 0.6 is 22.6 Å². The molecule has 0 radical (unpaired) electrons. The smallest absolute Gasteiger partial charge is 0.144 e. The van der Waals surface area contributed by atoms with Crippen LogP contribution in [0.15, 0.2) is 54.6 Å². The standard InChI is InChI=1S/C21H18IN3O/c1-12-6-5-8-14-20(12)24-17-9-4-3-7-13(17)21(14)25-18-10-15(22)16(23)11-19(18)26-2/h3-11H,23H2,1-2H3,(H,24,25). The number of pyridine rings is 1. The van der Waals surface area contributed by atoms with Crippen molar-refractivity contribution < 1.29 is 4.74 Å². The van der Waals surface area contributed by atoms with E-state index in [-0.39, 0.29) is 0 Å². The SMILES string of the molecule is COc1cc(N)c(I)cc1Nc1c2ccccc2nc2c(C)cccc12. The Morgan fingerprint density at radius 3 is 2.62 bits per heavy atom. The molecule has 0 saturated heterocycles. The van der Waals surface area contributed by atoms with Crippen LogP contribution < -0.4 is 15.8 Å². The number of nitrogens with two attached hydrogens (primary N) is 1. The highest BCUT2D eigenvalue weighted by molar-refractivity contribution is 14.1. The summed E-state index contributed by atoms with van der Waals surface area (Å²) in [6.45, 7) is 2.08. The molecule has 0 unspecified atom stereocenters. The van der Waals surface area contributed by atoms with Crippen LogP contribution in [0.3, 0.4) is 0 Å². The Bertz CT molecular complexity index is 1140. The molecule has 130 valence electrons. The van der Waals surface area contributed by atoms with Gasteiger partial charge in [-0.25, -0.2) is 4.98 Å². The molecule has 0 aliphatic carbocycles. The summed E-state index contributed by atoms with van der Waals surface area (Å²) in [5.41, 5.74) is 11.7. The fourth-order valence-corrected chi connectivity index (χ4v) is 3.63. The zero-order chi connectivity index (χ0) is 18.3. The van der Waals surface area contributed by atoms with Crippen LogP contribution in [0.1, 0.15) is 5.56 Å². The van der Waals surface area contributed by atoms with E-state index in [1.807, 2.05) is 30.3 Å². The number of anilines is 3. The molecule has 0 spiro atoms. The lowest BCUT2D eigenvalue weighted by Gasteiger charge is -2.17. The summed E-state index contributed by atoms with van der Waals surface area (Å²) >= 11 is 2.23. The number of nitrogen functional groups attached to an aromatic ring is 1. The minimum absolute atomic E-state index is 0.702. The zero-order valence-corrected chi connectivity index (χ0v) is 16.7. The first-order valence-electron chi connectivity index (χ1n) is 8.26. The van der Waals surface area contributed by atoms with Gasteiger partial charge in [0, 0.05) is 26.1 Å². The first-order chi connectivity index (χ1) is 12.6. The lowest BCUT2D eigenvalue weighted by Crippen LogP contribution is -2.00. The second-order valence-corrected chi connectivity index (χ2v) is 7.34. The molecule has 4 nitrogen and oxygen atoms in total. The van der Waals surface area contributed by atoms with Gasteiger partial charge >= 0.3 is 0 Å². The van der Waals surface area contributed by atoms with E-state index in [2.05, 4.69) is 59.1 Å². The quantitative estimate of drug-likeness (QED) is 0.239.